The molecule has 0 aliphatic rings. The summed E-state index contributed by atoms with van der Waals surface area (Å²) in [6.45, 7) is 4.17. The number of nitrogens with one attached hydrogen (secondary N) is 1. The highest BCUT2D eigenvalue weighted by Crippen LogP contribution is 2.15. The molecule has 0 aliphatic heterocycles. The molecular formula is C20H21N3O2. The first-order valence-electron chi connectivity index (χ1n) is 8.10. The molecule has 1 N–H and O–H groups in total. The molecule has 5 heteroatoms. The van der Waals surface area contributed by atoms with E-state index in [1.165, 1.54) is 6.92 Å². The van der Waals surface area contributed by atoms with E-state index in [2.05, 4.69) is 11.4 Å². The van der Waals surface area contributed by atoms with Gasteiger partial charge in [-0.1, -0.05) is 35.9 Å². The van der Waals surface area contributed by atoms with Crippen LogP contribution >= 0.6 is 0 Å². The summed E-state index contributed by atoms with van der Waals surface area (Å²) in [4.78, 5) is 25.4. The van der Waals surface area contributed by atoms with Crippen LogP contribution in [0.3, 0.4) is 0 Å². The van der Waals surface area contributed by atoms with E-state index in [9.17, 15) is 9.59 Å². The summed E-state index contributed by atoms with van der Waals surface area (Å²) in [5.41, 5.74) is 3.25. The Morgan fingerprint density at radius 2 is 1.88 bits per heavy atom. The minimum absolute atomic E-state index is 0.0851. The summed E-state index contributed by atoms with van der Waals surface area (Å²) in [6, 6.07) is 16.7. The van der Waals surface area contributed by atoms with E-state index in [-0.39, 0.29) is 11.8 Å². The second-order valence-electron chi connectivity index (χ2n) is 5.85. The first-order chi connectivity index (χ1) is 12.0. The van der Waals surface area contributed by atoms with Crippen molar-refractivity contribution in [3.63, 3.8) is 0 Å². The van der Waals surface area contributed by atoms with E-state index in [0.29, 0.717) is 30.8 Å². The van der Waals surface area contributed by atoms with Crippen LogP contribution in [-0.2, 0) is 16.0 Å². The van der Waals surface area contributed by atoms with Crippen LogP contribution < -0.4 is 10.2 Å². The highest BCUT2D eigenvalue weighted by molar-refractivity contribution is 5.91. The summed E-state index contributed by atoms with van der Waals surface area (Å²) in [5.74, 6) is -0.221. The highest BCUT2D eigenvalue weighted by Gasteiger charge is 2.12. The normalized spacial score (nSPS) is 9.96. The Bertz CT molecular complexity index is 791. The predicted molar refractivity (Wildman–Crippen MR) is 97.1 cm³/mol. The first-order valence-corrected chi connectivity index (χ1v) is 8.10. The fraction of sp³-hybridized carbons (Fsp3) is 0.250. The van der Waals surface area contributed by atoms with Gasteiger partial charge in [-0.25, -0.2) is 0 Å². The summed E-state index contributed by atoms with van der Waals surface area (Å²) in [5, 5.41) is 11.8. The predicted octanol–water partition coefficient (Wildman–Crippen LogP) is 2.58. The lowest BCUT2D eigenvalue weighted by atomic mass is 10.1. The van der Waals surface area contributed by atoms with Crippen LogP contribution in [0.2, 0.25) is 0 Å². The molecular weight excluding hydrogens is 314 g/mol. The molecule has 0 atom stereocenters. The van der Waals surface area contributed by atoms with Crippen molar-refractivity contribution in [2.24, 2.45) is 0 Å². The molecule has 0 spiro atoms. The van der Waals surface area contributed by atoms with Gasteiger partial charge in [0.05, 0.1) is 18.1 Å². The molecule has 0 unspecified atom stereocenters. The Morgan fingerprint density at radius 3 is 2.52 bits per heavy atom. The van der Waals surface area contributed by atoms with E-state index >= 15 is 0 Å². The molecule has 2 aromatic rings. The van der Waals surface area contributed by atoms with Gasteiger partial charge >= 0.3 is 0 Å². The van der Waals surface area contributed by atoms with Crippen LogP contribution in [0.1, 0.15) is 23.6 Å². The smallest absolute Gasteiger partial charge is 0.224 e. The van der Waals surface area contributed by atoms with Crippen molar-refractivity contribution in [1.82, 2.24) is 5.32 Å². The lowest BCUT2D eigenvalue weighted by Gasteiger charge is -2.21. The van der Waals surface area contributed by atoms with Crippen molar-refractivity contribution >= 4 is 17.5 Å². The lowest BCUT2D eigenvalue weighted by molar-refractivity contribution is -0.121. The Kier molecular flexibility index (Phi) is 6.30. The molecule has 0 aliphatic carbocycles. The van der Waals surface area contributed by atoms with E-state index in [0.717, 1.165) is 11.1 Å². The summed E-state index contributed by atoms with van der Waals surface area (Å²) < 4.78 is 0. The summed E-state index contributed by atoms with van der Waals surface area (Å²) in [7, 11) is 0. The number of hydrogen-bond donors (Lipinski definition) is 1. The first kappa shape index (κ1) is 18.2. The number of rotatable bonds is 6. The number of anilines is 1. The van der Waals surface area contributed by atoms with Crippen LogP contribution in [0.5, 0.6) is 0 Å². The largest absolute Gasteiger partial charge is 0.354 e. The van der Waals surface area contributed by atoms with Crippen LogP contribution in [0.4, 0.5) is 5.69 Å². The van der Waals surface area contributed by atoms with Gasteiger partial charge in [0.25, 0.3) is 0 Å². The zero-order chi connectivity index (χ0) is 18.2. The Labute approximate surface area is 147 Å². The third-order valence-electron chi connectivity index (χ3n) is 3.81. The number of carbonyl (C=O) groups excluding carboxylic acids is 2. The SMILES string of the molecule is CC(=O)N(CCNC(=O)Cc1ccc(C)cc1)c1cccc(C#N)c1. The van der Waals surface area contributed by atoms with Crippen molar-refractivity contribution in [2.45, 2.75) is 20.3 Å². The average Bonchev–Trinajstić information content (AvgIpc) is 2.60. The van der Waals surface area contributed by atoms with Crippen molar-refractivity contribution in [1.29, 1.82) is 5.26 Å². The van der Waals surface area contributed by atoms with Gasteiger partial charge in [0.15, 0.2) is 0 Å². The van der Waals surface area contributed by atoms with Crippen LogP contribution in [0, 0.1) is 18.3 Å². The fourth-order valence-corrected chi connectivity index (χ4v) is 2.47. The topological polar surface area (TPSA) is 73.2 Å². The maximum atomic E-state index is 12.0. The highest BCUT2D eigenvalue weighted by atomic mass is 16.2. The standard InChI is InChI=1S/C20H21N3O2/c1-15-6-8-17(9-7-15)13-20(25)22-10-11-23(16(2)24)19-5-3-4-18(12-19)14-21/h3-9,12H,10-11,13H2,1-2H3,(H,22,25). The molecule has 2 amide bonds. The number of benzene rings is 2. The quantitative estimate of drug-likeness (QED) is 0.882. The summed E-state index contributed by atoms with van der Waals surface area (Å²) >= 11 is 0. The van der Waals surface area contributed by atoms with Crippen LogP contribution in [-0.4, -0.2) is 24.9 Å². The van der Waals surface area contributed by atoms with Gasteiger partial charge < -0.3 is 10.2 Å². The van der Waals surface area contributed by atoms with Gasteiger partial charge in [0.2, 0.25) is 11.8 Å². The second kappa shape index (κ2) is 8.65. The molecule has 0 saturated carbocycles. The Morgan fingerprint density at radius 1 is 1.16 bits per heavy atom. The molecule has 0 heterocycles. The Hall–Kier alpha value is -3.13. The van der Waals surface area contributed by atoms with Crippen LogP contribution in [0.15, 0.2) is 48.5 Å². The van der Waals surface area contributed by atoms with Crippen molar-refractivity contribution in [3.05, 3.63) is 65.2 Å². The molecule has 0 bridgehead atoms. The van der Waals surface area contributed by atoms with E-state index in [4.69, 9.17) is 5.26 Å². The minimum atomic E-state index is -0.136. The van der Waals surface area contributed by atoms with E-state index in [1.54, 1.807) is 29.2 Å². The summed E-state index contributed by atoms with van der Waals surface area (Å²) in [6.07, 6.45) is 0.310. The number of carbonyl (C=O) groups is 2. The third kappa shape index (κ3) is 5.47. The number of nitriles is 1. The molecule has 0 fully saturated rings. The van der Waals surface area contributed by atoms with E-state index < -0.39 is 0 Å². The molecule has 2 rings (SSSR count). The zero-order valence-electron chi connectivity index (χ0n) is 14.5. The fourth-order valence-electron chi connectivity index (χ4n) is 2.47. The molecule has 128 valence electrons. The van der Waals surface area contributed by atoms with Crippen molar-refractivity contribution < 1.29 is 9.59 Å². The number of aryl methyl sites for hydroxylation is 1. The third-order valence-corrected chi connectivity index (χ3v) is 3.81. The van der Waals surface area contributed by atoms with Gasteiger partial charge in [0, 0.05) is 25.7 Å². The molecule has 5 nitrogen and oxygen atoms in total. The monoisotopic (exact) mass is 335 g/mol. The average molecular weight is 335 g/mol. The molecule has 2 aromatic carbocycles. The zero-order valence-corrected chi connectivity index (χ0v) is 14.5. The van der Waals surface area contributed by atoms with E-state index in [1.807, 2.05) is 31.2 Å². The number of amides is 2. The lowest BCUT2D eigenvalue weighted by Crippen LogP contribution is -2.38. The number of nitrogens with zero attached hydrogens (tertiary/aromatic N) is 2. The van der Waals surface area contributed by atoms with Gasteiger partial charge in [-0.2, -0.15) is 5.26 Å². The van der Waals surface area contributed by atoms with Crippen molar-refractivity contribution in [2.75, 3.05) is 18.0 Å². The molecule has 25 heavy (non-hydrogen) atoms. The van der Waals surface area contributed by atoms with Gasteiger partial charge in [-0.05, 0) is 30.7 Å². The van der Waals surface area contributed by atoms with Gasteiger partial charge in [-0.15, -0.1) is 0 Å². The molecule has 0 aromatic heterocycles. The minimum Gasteiger partial charge on any atom is -0.354 e. The molecule has 0 radical (unpaired) electrons. The maximum Gasteiger partial charge on any atom is 0.224 e. The Balaban J connectivity index is 1.91. The maximum absolute atomic E-state index is 12.0. The van der Waals surface area contributed by atoms with Gasteiger partial charge in [-0.3, -0.25) is 9.59 Å². The molecule has 0 saturated heterocycles. The van der Waals surface area contributed by atoms with Crippen LogP contribution in [0.25, 0.3) is 0 Å². The number of hydrogen-bond acceptors (Lipinski definition) is 3. The van der Waals surface area contributed by atoms with Gasteiger partial charge in [0.1, 0.15) is 0 Å². The second-order valence-corrected chi connectivity index (χ2v) is 5.85. The van der Waals surface area contributed by atoms with Crippen molar-refractivity contribution in [3.8, 4) is 6.07 Å².